The first-order valence-corrected chi connectivity index (χ1v) is 16.7. The third kappa shape index (κ3) is 14.4. The van der Waals surface area contributed by atoms with Gasteiger partial charge in [-0.25, -0.2) is 0 Å². The van der Waals surface area contributed by atoms with E-state index >= 15 is 0 Å². The number of likely N-dealkylation sites (tertiary alicyclic amines) is 1. The Bertz CT molecular complexity index is 1460. The van der Waals surface area contributed by atoms with Crippen molar-refractivity contribution in [2.24, 2.45) is 0 Å². The van der Waals surface area contributed by atoms with Crippen molar-refractivity contribution in [3.8, 4) is 0 Å². The minimum Gasteiger partial charge on any atom is -0.362 e. The average molecular weight is 721 g/mol. The molecule has 0 bridgehead atoms. The summed E-state index contributed by atoms with van der Waals surface area (Å²) in [6.07, 6.45) is 3.45. The molecule has 1 heterocycles. The zero-order chi connectivity index (χ0) is 35.6. The molecule has 0 radical (unpaired) electrons. The molecule has 1 aliphatic heterocycles. The third-order valence-electron chi connectivity index (χ3n) is 7.65. The van der Waals surface area contributed by atoms with E-state index in [1.807, 2.05) is 12.1 Å². The highest BCUT2D eigenvalue weighted by Gasteiger charge is 2.26. The molecule has 0 aromatic heterocycles. The molecule has 1 saturated heterocycles. The molecule has 2 aromatic carbocycles. The number of carbonyl (C=O) groups is 6. The van der Waals surface area contributed by atoms with Crippen LogP contribution in [-0.2, 0) is 39.9 Å². The van der Waals surface area contributed by atoms with Gasteiger partial charge in [-0.2, -0.15) is 0 Å². The summed E-state index contributed by atoms with van der Waals surface area (Å²) in [5.74, 6) is -2.19. The van der Waals surface area contributed by atoms with Gasteiger partial charge in [0, 0.05) is 32.4 Å². The van der Waals surface area contributed by atoms with Gasteiger partial charge in [-0.05, 0) is 67.7 Å². The third-order valence-corrected chi connectivity index (χ3v) is 8.39. The van der Waals surface area contributed by atoms with Crippen LogP contribution in [0, 0.1) is 0 Å². The molecule has 6 amide bonds. The van der Waals surface area contributed by atoms with Gasteiger partial charge in [0.15, 0.2) is 0 Å². The van der Waals surface area contributed by atoms with Crippen LogP contribution in [0.15, 0.2) is 42.5 Å². The minimum atomic E-state index is -0.608. The Balaban J connectivity index is 1.46. The number of carbonyl (C=O) groups excluding carboxylic acids is 6. The Labute approximate surface area is 295 Å². The number of benzene rings is 2. The van der Waals surface area contributed by atoms with Crippen molar-refractivity contribution < 1.29 is 33.5 Å². The van der Waals surface area contributed by atoms with Crippen LogP contribution in [0.4, 0.5) is 5.69 Å². The van der Waals surface area contributed by atoms with E-state index in [9.17, 15) is 28.8 Å². The van der Waals surface area contributed by atoms with Gasteiger partial charge >= 0.3 is 0 Å². The number of rotatable bonds is 20. The lowest BCUT2D eigenvalue weighted by Gasteiger charge is -2.32. The van der Waals surface area contributed by atoms with Crippen molar-refractivity contribution in [3.63, 3.8) is 0 Å². The van der Waals surface area contributed by atoms with E-state index < -0.39 is 30.2 Å². The molecular formula is C33H43Cl2N7O7. The molecule has 1 atom stereocenters. The summed E-state index contributed by atoms with van der Waals surface area (Å²) in [4.78, 5) is 76.1. The maximum absolute atomic E-state index is 13.4. The summed E-state index contributed by atoms with van der Waals surface area (Å²) < 4.78 is 5.03. The number of nitrogens with one attached hydrogen (secondary N) is 5. The van der Waals surface area contributed by atoms with Crippen LogP contribution in [0.5, 0.6) is 0 Å². The molecule has 1 aliphatic rings. The lowest BCUT2D eigenvalue weighted by Crippen LogP contribution is -2.41. The van der Waals surface area contributed by atoms with E-state index in [4.69, 9.17) is 27.9 Å². The van der Waals surface area contributed by atoms with Gasteiger partial charge in [0.1, 0.15) is 13.2 Å². The molecule has 49 heavy (non-hydrogen) atoms. The Morgan fingerprint density at radius 1 is 0.878 bits per heavy atom. The van der Waals surface area contributed by atoms with Gasteiger partial charge in [0.25, 0.3) is 0 Å². The fourth-order valence-corrected chi connectivity index (χ4v) is 5.37. The van der Waals surface area contributed by atoms with Gasteiger partial charge in [-0.3, -0.25) is 28.8 Å². The van der Waals surface area contributed by atoms with Crippen LogP contribution in [0.1, 0.15) is 36.4 Å². The molecule has 14 nitrogen and oxygen atoms in total. The van der Waals surface area contributed by atoms with Crippen LogP contribution in [0.25, 0.3) is 0 Å². The number of hydrogen-bond donors (Lipinski definition) is 5. The first-order chi connectivity index (χ1) is 23.5. The van der Waals surface area contributed by atoms with Crippen molar-refractivity contribution >= 4 is 64.8 Å². The highest BCUT2D eigenvalue weighted by Crippen LogP contribution is 2.27. The Hall–Kier alpha value is -4.24. The SMILES string of the molecule is CN(C(=O)Cc1ccc(Cl)c(Cl)c1)[C@H](CN1CCCC1)c1cccc(NC(=O)CNC(=O)CNC(=O)COCC(=O)NCCCNC=O)c1. The molecule has 16 heteroatoms. The number of anilines is 1. The van der Waals surface area contributed by atoms with Crippen LogP contribution >= 0.6 is 23.2 Å². The second-order valence-corrected chi connectivity index (χ2v) is 12.3. The Morgan fingerprint density at radius 3 is 2.29 bits per heavy atom. The standard InChI is InChI=1S/C33H43Cl2N7O7/c1-41(33(48)15-23-8-9-26(34)27(35)14-23)28(19-42-12-2-3-13-42)24-6-4-7-25(16-24)40-30(45)18-38-29(44)17-39-32(47)21-49-20-31(46)37-11-5-10-36-22-43/h4,6-9,14,16,22,28H,2-3,5,10-13,15,17-21H2,1H3,(H,36,43)(H,37,46)(H,38,44)(H,39,47)(H,40,45)/t28-/m1/s1. The highest BCUT2D eigenvalue weighted by atomic mass is 35.5. The number of halogens is 2. The summed E-state index contributed by atoms with van der Waals surface area (Å²) >= 11 is 12.2. The summed E-state index contributed by atoms with van der Waals surface area (Å²) in [6.45, 7) is 1.78. The Morgan fingerprint density at radius 2 is 1.57 bits per heavy atom. The van der Waals surface area contributed by atoms with E-state index in [0.29, 0.717) is 48.2 Å². The summed E-state index contributed by atoms with van der Waals surface area (Å²) in [7, 11) is 1.77. The maximum Gasteiger partial charge on any atom is 0.246 e. The van der Waals surface area contributed by atoms with E-state index in [1.54, 1.807) is 42.3 Å². The van der Waals surface area contributed by atoms with Gasteiger partial charge in [0.05, 0.1) is 35.6 Å². The largest absolute Gasteiger partial charge is 0.362 e. The van der Waals surface area contributed by atoms with Crippen molar-refractivity contribution in [1.82, 2.24) is 31.1 Å². The van der Waals surface area contributed by atoms with Gasteiger partial charge in [-0.15, -0.1) is 0 Å². The van der Waals surface area contributed by atoms with E-state index in [-0.39, 0.29) is 38.1 Å². The zero-order valence-electron chi connectivity index (χ0n) is 27.4. The van der Waals surface area contributed by atoms with Crippen LogP contribution in [0.2, 0.25) is 10.0 Å². The summed E-state index contributed by atoms with van der Waals surface area (Å²) in [5, 5.41) is 13.4. The van der Waals surface area contributed by atoms with Crippen LogP contribution in [0.3, 0.4) is 0 Å². The molecule has 0 spiro atoms. The molecule has 2 aromatic rings. The zero-order valence-corrected chi connectivity index (χ0v) is 28.9. The predicted octanol–water partition coefficient (Wildman–Crippen LogP) is 1.27. The normalized spacial score (nSPS) is 13.2. The number of amides is 6. The van der Waals surface area contributed by atoms with Gasteiger partial charge in [0.2, 0.25) is 35.9 Å². The molecule has 0 saturated carbocycles. The molecule has 5 N–H and O–H groups in total. The first kappa shape index (κ1) is 39.2. The number of ether oxygens (including phenoxy) is 1. The number of likely N-dealkylation sites (N-methyl/N-ethyl adjacent to an activating group) is 1. The van der Waals surface area contributed by atoms with Crippen LogP contribution in [-0.4, -0.2) is 112 Å². The maximum atomic E-state index is 13.4. The number of hydrogen-bond acceptors (Lipinski definition) is 8. The van der Waals surface area contributed by atoms with Crippen molar-refractivity contribution in [2.45, 2.75) is 31.7 Å². The van der Waals surface area contributed by atoms with Crippen molar-refractivity contribution in [2.75, 3.05) is 71.4 Å². The molecule has 0 aliphatic carbocycles. The van der Waals surface area contributed by atoms with Crippen molar-refractivity contribution in [1.29, 1.82) is 0 Å². The molecule has 266 valence electrons. The lowest BCUT2D eigenvalue weighted by molar-refractivity contribution is -0.133. The van der Waals surface area contributed by atoms with E-state index in [0.717, 1.165) is 37.1 Å². The average Bonchev–Trinajstić information content (AvgIpc) is 3.60. The topological polar surface area (TPSA) is 178 Å². The minimum absolute atomic E-state index is 0.0968. The van der Waals surface area contributed by atoms with Crippen LogP contribution < -0.4 is 26.6 Å². The monoisotopic (exact) mass is 719 g/mol. The molecule has 0 unspecified atom stereocenters. The predicted molar refractivity (Wildman–Crippen MR) is 185 cm³/mol. The molecular weight excluding hydrogens is 677 g/mol. The first-order valence-electron chi connectivity index (χ1n) is 15.9. The lowest BCUT2D eigenvalue weighted by atomic mass is 10.0. The fraction of sp³-hybridized carbons (Fsp3) is 0.455. The van der Waals surface area contributed by atoms with Gasteiger partial charge in [-0.1, -0.05) is 41.4 Å². The second-order valence-electron chi connectivity index (χ2n) is 11.4. The molecule has 3 rings (SSSR count). The van der Waals surface area contributed by atoms with E-state index in [2.05, 4.69) is 31.5 Å². The number of nitrogens with zero attached hydrogens (tertiary/aromatic N) is 2. The van der Waals surface area contributed by atoms with Crippen molar-refractivity contribution in [3.05, 3.63) is 63.6 Å². The second kappa shape index (κ2) is 21.0. The highest BCUT2D eigenvalue weighted by molar-refractivity contribution is 6.42. The smallest absolute Gasteiger partial charge is 0.246 e. The van der Waals surface area contributed by atoms with E-state index in [1.165, 1.54) is 0 Å². The fourth-order valence-electron chi connectivity index (χ4n) is 5.05. The van der Waals surface area contributed by atoms with Gasteiger partial charge < -0.3 is 41.1 Å². The quantitative estimate of drug-likeness (QED) is 0.100. The summed E-state index contributed by atoms with van der Waals surface area (Å²) in [5.41, 5.74) is 2.09. The summed E-state index contributed by atoms with van der Waals surface area (Å²) in [6, 6.07) is 12.1. The molecule has 1 fully saturated rings. The Kier molecular flexibility index (Phi) is 16.8.